The summed E-state index contributed by atoms with van der Waals surface area (Å²) in [5, 5.41) is 14.7. The molecule has 4 rings (SSSR count). The molecule has 0 bridgehead atoms. The van der Waals surface area contributed by atoms with Crippen molar-refractivity contribution in [1.29, 1.82) is 0 Å². The fourth-order valence-electron chi connectivity index (χ4n) is 3.85. The van der Waals surface area contributed by atoms with Crippen molar-refractivity contribution in [1.82, 2.24) is 19.8 Å². The minimum atomic E-state index is -0.433. The van der Waals surface area contributed by atoms with Crippen molar-refractivity contribution < 1.29 is 14.5 Å². The zero-order valence-corrected chi connectivity index (χ0v) is 18.1. The van der Waals surface area contributed by atoms with E-state index >= 15 is 0 Å². The van der Waals surface area contributed by atoms with Gasteiger partial charge in [0.2, 0.25) is 0 Å². The molecular weight excluding hydrogens is 430 g/mol. The number of thiocarbonyl (C=S) groups is 1. The third kappa shape index (κ3) is 4.17. The molecule has 0 unspecified atom stereocenters. The summed E-state index contributed by atoms with van der Waals surface area (Å²) in [4.78, 5) is 29.2. The molecule has 0 aliphatic carbocycles. The van der Waals surface area contributed by atoms with Crippen LogP contribution in [0.4, 0.5) is 5.69 Å². The molecule has 164 valence electrons. The Morgan fingerprint density at radius 1 is 1.22 bits per heavy atom. The molecule has 10 heteroatoms. The Labute approximate surface area is 189 Å². The lowest BCUT2D eigenvalue weighted by atomic mass is 10.0. The second kappa shape index (κ2) is 9.15. The van der Waals surface area contributed by atoms with Crippen LogP contribution in [0.5, 0.6) is 0 Å². The number of nitrogens with one attached hydrogen (secondary N) is 1. The van der Waals surface area contributed by atoms with Crippen LogP contribution in [0.2, 0.25) is 0 Å². The van der Waals surface area contributed by atoms with E-state index in [1.165, 1.54) is 12.1 Å². The minimum Gasteiger partial charge on any atom is -0.465 e. The Morgan fingerprint density at radius 2 is 2.00 bits per heavy atom. The number of non-ortho nitro benzene ring substituents is 1. The first-order valence-electron chi connectivity index (χ1n) is 10.1. The van der Waals surface area contributed by atoms with E-state index < -0.39 is 4.92 Å². The molecule has 9 nitrogen and oxygen atoms in total. The van der Waals surface area contributed by atoms with Crippen molar-refractivity contribution in [2.75, 3.05) is 13.2 Å². The summed E-state index contributed by atoms with van der Waals surface area (Å²) in [7, 11) is 0. The van der Waals surface area contributed by atoms with Crippen LogP contribution >= 0.6 is 12.2 Å². The molecule has 1 fully saturated rings. The van der Waals surface area contributed by atoms with Crippen LogP contribution in [-0.4, -0.2) is 43.6 Å². The third-order valence-corrected chi connectivity index (χ3v) is 5.58. The van der Waals surface area contributed by atoms with Gasteiger partial charge in [-0.05, 0) is 55.5 Å². The van der Waals surface area contributed by atoms with Crippen molar-refractivity contribution in [2.45, 2.75) is 19.0 Å². The smallest absolute Gasteiger partial charge is 0.325 e. The minimum absolute atomic E-state index is 0.0148. The van der Waals surface area contributed by atoms with Crippen LogP contribution in [0.15, 0.2) is 67.0 Å². The molecule has 0 saturated carbocycles. The summed E-state index contributed by atoms with van der Waals surface area (Å²) in [6.07, 6.45) is 3.58. The van der Waals surface area contributed by atoms with E-state index in [9.17, 15) is 14.9 Å². The van der Waals surface area contributed by atoms with Gasteiger partial charge in [-0.2, -0.15) is 0 Å². The standard InChI is InChI=1S/C22H21N5O4S/c1-2-31-19(28)14-26-21(20(24-22(26)32)17-6-3-4-12-23-17)18-7-5-13-25(18)15-8-10-16(11-9-15)27(29)30/h3-13,20-21H,2,14H2,1H3,(H,24,32)/t20-,21+/m1/s1. The second-order valence-electron chi connectivity index (χ2n) is 7.14. The Kier molecular flexibility index (Phi) is 6.13. The number of pyridine rings is 1. The van der Waals surface area contributed by atoms with Crippen LogP contribution in [-0.2, 0) is 9.53 Å². The Balaban J connectivity index is 1.76. The average Bonchev–Trinajstić information content (AvgIpc) is 3.39. The van der Waals surface area contributed by atoms with Crippen molar-refractivity contribution in [2.24, 2.45) is 0 Å². The van der Waals surface area contributed by atoms with Gasteiger partial charge in [0.15, 0.2) is 5.11 Å². The molecule has 2 atom stereocenters. The molecule has 1 aromatic carbocycles. The van der Waals surface area contributed by atoms with Gasteiger partial charge in [-0.25, -0.2) is 0 Å². The zero-order valence-electron chi connectivity index (χ0n) is 17.2. The normalized spacial score (nSPS) is 17.8. The summed E-state index contributed by atoms with van der Waals surface area (Å²) >= 11 is 5.57. The number of benzene rings is 1. The summed E-state index contributed by atoms with van der Waals surface area (Å²) in [6.45, 7) is 2.02. The van der Waals surface area contributed by atoms with Gasteiger partial charge in [-0.1, -0.05) is 6.07 Å². The molecule has 1 aliphatic heterocycles. The monoisotopic (exact) mass is 451 g/mol. The number of hydrogen-bond acceptors (Lipinski definition) is 6. The van der Waals surface area contributed by atoms with E-state index in [4.69, 9.17) is 17.0 Å². The number of carbonyl (C=O) groups is 1. The highest BCUT2D eigenvalue weighted by Gasteiger charge is 2.42. The van der Waals surface area contributed by atoms with Crippen LogP contribution < -0.4 is 5.32 Å². The van der Waals surface area contributed by atoms with Crippen LogP contribution in [0, 0.1) is 10.1 Å². The van der Waals surface area contributed by atoms with Crippen molar-refractivity contribution in [3.05, 3.63) is 88.5 Å². The zero-order chi connectivity index (χ0) is 22.7. The van der Waals surface area contributed by atoms with Crippen LogP contribution in [0.25, 0.3) is 5.69 Å². The number of rotatable bonds is 7. The van der Waals surface area contributed by atoms with E-state index in [0.717, 1.165) is 17.1 Å². The van der Waals surface area contributed by atoms with E-state index in [1.54, 1.807) is 30.2 Å². The van der Waals surface area contributed by atoms with Gasteiger partial charge in [0.1, 0.15) is 6.54 Å². The first-order valence-corrected chi connectivity index (χ1v) is 10.5. The number of esters is 1. The number of carbonyl (C=O) groups excluding carboxylic acids is 1. The number of nitrogens with zero attached hydrogens (tertiary/aromatic N) is 4. The predicted octanol–water partition coefficient (Wildman–Crippen LogP) is 3.32. The van der Waals surface area contributed by atoms with Crippen molar-refractivity contribution >= 4 is 29.0 Å². The number of nitro benzene ring substituents is 1. The molecule has 0 radical (unpaired) electrons. The average molecular weight is 452 g/mol. The van der Waals surface area contributed by atoms with Gasteiger partial charge >= 0.3 is 5.97 Å². The molecule has 1 saturated heterocycles. The van der Waals surface area contributed by atoms with Gasteiger partial charge in [-0.3, -0.25) is 19.9 Å². The maximum atomic E-state index is 12.3. The maximum Gasteiger partial charge on any atom is 0.325 e. The van der Waals surface area contributed by atoms with E-state index in [2.05, 4.69) is 10.3 Å². The van der Waals surface area contributed by atoms with E-state index in [0.29, 0.717) is 5.11 Å². The summed E-state index contributed by atoms with van der Waals surface area (Å²) in [5.74, 6) is -0.378. The molecular formula is C22H21N5O4S. The lowest BCUT2D eigenvalue weighted by molar-refractivity contribution is -0.384. The summed E-state index contributed by atoms with van der Waals surface area (Å²) in [6, 6.07) is 15.1. The topological polar surface area (TPSA) is 103 Å². The van der Waals surface area contributed by atoms with Crippen molar-refractivity contribution in [3.8, 4) is 5.69 Å². The van der Waals surface area contributed by atoms with E-state index in [1.807, 2.05) is 41.1 Å². The van der Waals surface area contributed by atoms with Crippen LogP contribution in [0.1, 0.15) is 30.4 Å². The molecule has 32 heavy (non-hydrogen) atoms. The first-order chi connectivity index (χ1) is 15.5. The second-order valence-corrected chi connectivity index (χ2v) is 7.52. The summed E-state index contributed by atoms with van der Waals surface area (Å²) < 4.78 is 7.08. The number of ether oxygens (including phenoxy) is 1. The lowest BCUT2D eigenvalue weighted by Crippen LogP contribution is -2.36. The fourth-order valence-corrected chi connectivity index (χ4v) is 4.15. The molecule has 1 N–H and O–H groups in total. The van der Waals surface area contributed by atoms with Gasteiger partial charge in [0, 0.05) is 35.9 Å². The van der Waals surface area contributed by atoms with Crippen LogP contribution in [0.3, 0.4) is 0 Å². The number of nitro groups is 1. The fraction of sp³-hybridized carbons (Fsp3) is 0.227. The molecule has 1 aliphatic rings. The third-order valence-electron chi connectivity index (χ3n) is 5.22. The molecule has 2 aromatic heterocycles. The first kappa shape index (κ1) is 21.4. The quantitative estimate of drug-likeness (QED) is 0.253. The molecule has 3 aromatic rings. The van der Waals surface area contributed by atoms with Crippen molar-refractivity contribution in [3.63, 3.8) is 0 Å². The predicted molar refractivity (Wildman–Crippen MR) is 121 cm³/mol. The molecule has 0 amide bonds. The number of hydrogen-bond donors (Lipinski definition) is 1. The van der Waals surface area contributed by atoms with E-state index in [-0.39, 0.29) is 36.9 Å². The molecule has 3 heterocycles. The van der Waals surface area contributed by atoms with Gasteiger partial charge < -0.3 is 19.5 Å². The maximum absolute atomic E-state index is 12.3. The van der Waals surface area contributed by atoms with Gasteiger partial charge in [0.25, 0.3) is 5.69 Å². The Morgan fingerprint density at radius 3 is 2.66 bits per heavy atom. The highest BCUT2D eigenvalue weighted by molar-refractivity contribution is 7.80. The SMILES string of the molecule is CCOC(=O)CN1C(=S)N[C@H](c2ccccn2)[C@@H]1c1cccn1-c1ccc([N+](=O)[O-])cc1. The lowest BCUT2D eigenvalue weighted by Gasteiger charge is -2.28. The Hall–Kier alpha value is -3.79. The highest BCUT2D eigenvalue weighted by atomic mass is 32.1. The highest BCUT2D eigenvalue weighted by Crippen LogP contribution is 2.39. The van der Waals surface area contributed by atoms with Gasteiger partial charge in [0.05, 0.1) is 29.3 Å². The Bertz CT molecular complexity index is 1130. The number of aromatic nitrogens is 2. The summed E-state index contributed by atoms with van der Waals surface area (Å²) in [5.41, 5.74) is 2.40. The van der Waals surface area contributed by atoms with Gasteiger partial charge in [-0.15, -0.1) is 0 Å². The largest absolute Gasteiger partial charge is 0.465 e. The molecule has 0 spiro atoms.